The highest BCUT2D eigenvalue weighted by Gasteiger charge is 2.16. The van der Waals surface area contributed by atoms with Crippen LogP contribution in [0, 0.1) is 24.0 Å². The molecular weight excluding hydrogens is 592 g/mol. The van der Waals surface area contributed by atoms with Crippen LogP contribution in [0.15, 0.2) is 94.4 Å². The van der Waals surface area contributed by atoms with Gasteiger partial charge in [-0.05, 0) is 80.1 Å². The van der Waals surface area contributed by atoms with Gasteiger partial charge < -0.3 is 27.9 Å². The molecule has 0 aliphatic rings. The fraction of sp³-hybridized carbons (Fsp3) is 0.176. The first-order valence-electron chi connectivity index (χ1n) is 14.2. The van der Waals surface area contributed by atoms with Crippen molar-refractivity contribution in [3.05, 3.63) is 129 Å². The standard InChI is InChI=1S/C34H32N4O8/c1-22-8-9-23(2)37(22)26-10-12-28(13-11-26)44-21-29-14-15-30(46-29)34(39)36-35-19-25-17-31(42-3)33(32(18-25)43-4)45-20-24-6-5-7-27(16-24)38(40)41/h5-19H,20-21H2,1-4H3,(H,36,39)/b35-19+. The number of nitro groups is 1. The van der Waals surface area contributed by atoms with Crippen LogP contribution in [-0.4, -0.2) is 35.8 Å². The Kier molecular flexibility index (Phi) is 9.66. The summed E-state index contributed by atoms with van der Waals surface area (Å²) in [6.45, 7) is 4.31. The van der Waals surface area contributed by atoms with E-state index in [1.807, 2.05) is 24.3 Å². The van der Waals surface area contributed by atoms with Crippen LogP contribution >= 0.6 is 0 Å². The summed E-state index contributed by atoms with van der Waals surface area (Å²) < 4.78 is 30.5. The number of hydrazone groups is 1. The predicted octanol–water partition coefficient (Wildman–Crippen LogP) is 6.53. The van der Waals surface area contributed by atoms with Gasteiger partial charge in [-0.25, -0.2) is 5.43 Å². The number of methoxy groups -OCH3 is 2. The Hall–Kier alpha value is -6.04. The second kappa shape index (κ2) is 14.2. The highest BCUT2D eigenvalue weighted by Crippen LogP contribution is 2.39. The van der Waals surface area contributed by atoms with Crippen LogP contribution < -0.4 is 24.4 Å². The van der Waals surface area contributed by atoms with Crippen molar-refractivity contribution in [1.29, 1.82) is 0 Å². The third-order valence-electron chi connectivity index (χ3n) is 7.00. The fourth-order valence-corrected chi connectivity index (χ4v) is 4.75. The number of amides is 1. The number of nitrogens with zero attached hydrogens (tertiary/aromatic N) is 3. The van der Waals surface area contributed by atoms with Gasteiger partial charge >= 0.3 is 5.91 Å². The van der Waals surface area contributed by atoms with E-state index < -0.39 is 10.8 Å². The molecule has 5 aromatic rings. The molecular formula is C34H32N4O8. The smallest absolute Gasteiger partial charge is 0.307 e. The maximum Gasteiger partial charge on any atom is 0.307 e. The number of carbonyl (C=O) groups excluding carboxylic acids is 1. The molecule has 0 unspecified atom stereocenters. The quantitative estimate of drug-likeness (QED) is 0.0886. The van der Waals surface area contributed by atoms with Gasteiger partial charge in [-0.15, -0.1) is 0 Å². The van der Waals surface area contributed by atoms with Gasteiger partial charge in [0.1, 0.15) is 24.7 Å². The van der Waals surface area contributed by atoms with E-state index in [1.165, 1.54) is 32.6 Å². The third kappa shape index (κ3) is 7.36. The van der Waals surface area contributed by atoms with Gasteiger partial charge in [0.15, 0.2) is 17.3 Å². The molecule has 0 aliphatic heterocycles. The molecule has 46 heavy (non-hydrogen) atoms. The number of benzene rings is 3. The monoisotopic (exact) mass is 624 g/mol. The molecule has 1 N–H and O–H groups in total. The van der Waals surface area contributed by atoms with E-state index in [1.54, 1.807) is 36.4 Å². The van der Waals surface area contributed by atoms with E-state index in [9.17, 15) is 14.9 Å². The van der Waals surface area contributed by atoms with Gasteiger partial charge in [0, 0.05) is 34.8 Å². The van der Waals surface area contributed by atoms with Gasteiger partial charge in [-0.1, -0.05) is 12.1 Å². The van der Waals surface area contributed by atoms with Crippen LogP contribution in [0.2, 0.25) is 0 Å². The molecule has 0 aliphatic carbocycles. The molecule has 0 radical (unpaired) electrons. The lowest BCUT2D eigenvalue weighted by atomic mass is 10.2. The molecule has 12 nitrogen and oxygen atoms in total. The normalized spacial score (nSPS) is 11.0. The second-order valence-corrected chi connectivity index (χ2v) is 10.2. The average molecular weight is 625 g/mol. The summed E-state index contributed by atoms with van der Waals surface area (Å²) in [7, 11) is 2.94. The second-order valence-electron chi connectivity index (χ2n) is 10.2. The Morgan fingerprint density at radius 2 is 1.61 bits per heavy atom. The number of aromatic nitrogens is 1. The van der Waals surface area contributed by atoms with Crippen LogP contribution in [0.5, 0.6) is 23.0 Å². The van der Waals surface area contributed by atoms with Crippen molar-refractivity contribution in [2.24, 2.45) is 5.10 Å². The van der Waals surface area contributed by atoms with E-state index in [4.69, 9.17) is 23.4 Å². The predicted molar refractivity (Wildman–Crippen MR) is 170 cm³/mol. The number of ether oxygens (including phenoxy) is 4. The first-order chi connectivity index (χ1) is 22.2. The van der Waals surface area contributed by atoms with Crippen LogP contribution in [0.25, 0.3) is 5.69 Å². The molecule has 2 aromatic heterocycles. The molecule has 1 amide bonds. The Balaban J connectivity index is 1.17. The molecule has 0 bridgehead atoms. The lowest BCUT2D eigenvalue weighted by Gasteiger charge is -2.15. The van der Waals surface area contributed by atoms with E-state index >= 15 is 0 Å². The molecule has 0 fully saturated rings. The molecule has 236 valence electrons. The first kappa shape index (κ1) is 31.4. The number of hydrogen-bond acceptors (Lipinski definition) is 9. The summed E-state index contributed by atoms with van der Waals surface area (Å²) in [4.78, 5) is 23.3. The van der Waals surface area contributed by atoms with Crippen LogP contribution in [-0.2, 0) is 13.2 Å². The Morgan fingerprint density at radius 3 is 2.26 bits per heavy atom. The lowest BCUT2D eigenvalue weighted by Crippen LogP contribution is -2.16. The number of nitrogens with one attached hydrogen (secondary N) is 1. The number of carbonyl (C=O) groups is 1. The van der Waals surface area contributed by atoms with Crippen molar-refractivity contribution in [3.8, 4) is 28.7 Å². The maximum atomic E-state index is 12.6. The molecule has 0 spiro atoms. The highest BCUT2D eigenvalue weighted by molar-refractivity contribution is 5.92. The van der Waals surface area contributed by atoms with Crippen molar-refractivity contribution in [1.82, 2.24) is 9.99 Å². The van der Waals surface area contributed by atoms with Crippen molar-refractivity contribution < 1.29 is 33.1 Å². The maximum absolute atomic E-state index is 12.6. The minimum absolute atomic E-state index is 0.0346. The number of hydrogen-bond donors (Lipinski definition) is 1. The van der Waals surface area contributed by atoms with E-state index in [2.05, 4.69) is 41.1 Å². The van der Waals surface area contributed by atoms with Gasteiger partial charge in [0.2, 0.25) is 5.75 Å². The van der Waals surface area contributed by atoms with Crippen LogP contribution in [0.4, 0.5) is 5.69 Å². The molecule has 5 rings (SSSR count). The molecule has 2 heterocycles. The van der Waals surface area contributed by atoms with Crippen LogP contribution in [0.1, 0.15) is 38.8 Å². The topological polar surface area (TPSA) is 140 Å². The van der Waals surface area contributed by atoms with Gasteiger partial charge in [-0.3, -0.25) is 14.9 Å². The number of non-ortho nitro benzene ring substituents is 1. The Morgan fingerprint density at radius 1 is 0.913 bits per heavy atom. The number of furan rings is 1. The van der Waals surface area contributed by atoms with Crippen LogP contribution in [0.3, 0.4) is 0 Å². The zero-order valence-electron chi connectivity index (χ0n) is 25.7. The summed E-state index contributed by atoms with van der Waals surface area (Å²) in [5.74, 6) is 1.68. The molecule has 0 saturated carbocycles. The van der Waals surface area contributed by atoms with Crippen molar-refractivity contribution in [2.75, 3.05) is 14.2 Å². The van der Waals surface area contributed by atoms with Crippen molar-refractivity contribution in [3.63, 3.8) is 0 Å². The van der Waals surface area contributed by atoms with Gasteiger partial charge in [-0.2, -0.15) is 5.10 Å². The molecule has 12 heteroatoms. The van der Waals surface area contributed by atoms with Gasteiger partial charge in [0.25, 0.3) is 5.69 Å². The largest absolute Gasteiger partial charge is 0.493 e. The molecule has 3 aromatic carbocycles. The lowest BCUT2D eigenvalue weighted by molar-refractivity contribution is -0.384. The van der Waals surface area contributed by atoms with Crippen molar-refractivity contribution in [2.45, 2.75) is 27.1 Å². The number of nitro benzene ring substituents is 1. The first-order valence-corrected chi connectivity index (χ1v) is 14.2. The number of aryl methyl sites for hydroxylation is 2. The summed E-state index contributed by atoms with van der Waals surface area (Å²) >= 11 is 0. The summed E-state index contributed by atoms with van der Waals surface area (Å²) in [6, 6.07) is 24.6. The summed E-state index contributed by atoms with van der Waals surface area (Å²) in [6.07, 6.45) is 1.42. The van der Waals surface area contributed by atoms with E-state index in [0.717, 1.165) is 17.1 Å². The van der Waals surface area contributed by atoms with E-state index in [0.29, 0.717) is 39.9 Å². The van der Waals surface area contributed by atoms with Crippen molar-refractivity contribution >= 4 is 17.8 Å². The number of rotatable bonds is 13. The Labute approximate surface area is 264 Å². The third-order valence-corrected chi connectivity index (χ3v) is 7.00. The zero-order valence-corrected chi connectivity index (χ0v) is 25.7. The average Bonchev–Trinajstić information content (AvgIpc) is 3.68. The molecule has 0 atom stereocenters. The SMILES string of the molecule is COc1cc(/C=N/NC(=O)c2ccc(COc3ccc(-n4c(C)ccc4C)cc3)o2)cc(OC)c1OCc1cccc([N+](=O)[O-])c1. The summed E-state index contributed by atoms with van der Waals surface area (Å²) in [5.41, 5.74) is 6.91. The fourth-order valence-electron chi connectivity index (χ4n) is 4.75. The minimum Gasteiger partial charge on any atom is -0.493 e. The zero-order chi connectivity index (χ0) is 32.6. The summed E-state index contributed by atoms with van der Waals surface area (Å²) in [5, 5.41) is 15.1. The Bertz CT molecular complexity index is 1830. The highest BCUT2D eigenvalue weighted by atomic mass is 16.6. The van der Waals surface area contributed by atoms with Gasteiger partial charge in [0.05, 0.1) is 25.4 Å². The van der Waals surface area contributed by atoms with E-state index in [-0.39, 0.29) is 24.7 Å². The molecule has 0 saturated heterocycles. The minimum atomic E-state index is -0.542.